The van der Waals surface area contributed by atoms with Crippen molar-refractivity contribution < 1.29 is 9.50 Å². The number of nitrogens with one attached hydrogen (secondary N) is 2. The monoisotopic (exact) mass is 501 g/mol. The molecule has 2 saturated carbocycles. The second-order valence-corrected chi connectivity index (χ2v) is 11.1. The Morgan fingerprint density at radius 3 is 2.73 bits per heavy atom. The van der Waals surface area contributed by atoms with Crippen LogP contribution in [0.15, 0.2) is 41.3 Å². The lowest BCUT2D eigenvalue weighted by molar-refractivity contribution is 0.0694. The SMILES string of the molecule is CC(C)(O)c1nc(-n2c3nc(Nc4ccc5c(c4)CNCC54CC4)ncc3c(=O)n2C2CC2)ccc1F. The summed E-state index contributed by atoms with van der Waals surface area (Å²) in [4.78, 5) is 26.9. The van der Waals surface area contributed by atoms with Crippen molar-refractivity contribution in [2.75, 3.05) is 11.9 Å². The fraction of sp³-hybridized carbons (Fsp3) is 0.407. The number of hydrogen-bond donors (Lipinski definition) is 3. The van der Waals surface area contributed by atoms with Gasteiger partial charge in [-0.3, -0.25) is 4.79 Å². The van der Waals surface area contributed by atoms with Gasteiger partial charge in [-0.25, -0.2) is 23.7 Å². The van der Waals surface area contributed by atoms with E-state index in [0.717, 1.165) is 31.6 Å². The van der Waals surface area contributed by atoms with Gasteiger partial charge in [0.15, 0.2) is 11.5 Å². The first kappa shape index (κ1) is 22.6. The highest BCUT2D eigenvalue weighted by atomic mass is 19.1. The first-order valence-corrected chi connectivity index (χ1v) is 12.7. The summed E-state index contributed by atoms with van der Waals surface area (Å²) in [7, 11) is 0. The first-order valence-electron chi connectivity index (χ1n) is 12.7. The Bertz CT molecular complexity index is 1630. The zero-order valence-corrected chi connectivity index (χ0v) is 20.8. The van der Waals surface area contributed by atoms with Crippen molar-refractivity contribution in [3.8, 4) is 5.82 Å². The van der Waals surface area contributed by atoms with Crippen LogP contribution in [0.4, 0.5) is 16.0 Å². The molecule has 4 heterocycles. The van der Waals surface area contributed by atoms with Crippen molar-refractivity contribution in [1.82, 2.24) is 29.6 Å². The van der Waals surface area contributed by atoms with Gasteiger partial charge in [-0.15, -0.1) is 0 Å². The number of aromatic nitrogens is 5. The molecule has 3 aromatic heterocycles. The molecule has 10 heteroatoms. The predicted octanol–water partition coefficient (Wildman–Crippen LogP) is 3.56. The van der Waals surface area contributed by atoms with Crippen LogP contribution in [0, 0.1) is 5.82 Å². The molecule has 2 fully saturated rings. The van der Waals surface area contributed by atoms with Crippen molar-refractivity contribution in [2.24, 2.45) is 0 Å². The number of nitrogens with zero attached hydrogens (tertiary/aromatic N) is 5. The predicted molar refractivity (Wildman–Crippen MR) is 137 cm³/mol. The lowest BCUT2D eigenvalue weighted by atomic mass is 9.88. The molecular formula is C27H28FN7O2. The number of anilines is 2. The smallest absolute Gasteiger partial charge is 0.278 e. The summed E-state index contributed by atoms with van der Waals surface area (Å²) in [5.41, 5.74) is 2.46. The minimum Gasteiger partial charge on any atom is -0.384 e. The van der Waals surface area contributed by atoms with Gasteiger partial charge in [0, 0.05) is 30.4 Å². The van der Waals surface area contributed by atoms with Gasteiger partial charge in [0.25, 0.3) is 5.56 Å². The molecule has 4 aromatic rings. The van der Waals surface area contributed by atoms with Gasteiger partial charge < -0.3 is 15.7 Å². The molecule has 37 heavy (non-hydrogen) atoms. The number of rotatable bonds is 5. The molecule has 3 N–H and O–H groups in total. The van der Waals surface area contributed by atoms with E-state index in [0.29, 0.717) is 28.2 Å². The van der Waals surface area contributed by atoms with Crippen LogP contribution in [0.25, 0.3) is 16.9 Å². The topological polar surface area (TPSA) is 110 Å². The van der Waals surface area contributed by atoms with Crippen LogP contribution in [-0.2, 0) is 17.6 Å². The molecule has 0 bridgehead atoms. The Morgan fingerprint density at radius 2 is 2.00 bits per heavy atom. The standard InChI is InChI=1S/C27H28FN7O2/c1-26(2,37)22-20(28)7-8-21(32-22)35-23-18(24(36)34(35)17-4-5-17)13-30-25(33-23)31-16-3-6-19-15(11-16)12-29-14-27(19)9-10-27/h3,6-8,11,13,17,29,37H,4-5,9-10,12,14H2,1-2H3,(H,30,31,33). The molecule has 3 aliphatic rings. The molecule has 9 nitrogen and oxygen atoms in total. The molecular weight excluding hydrogens is 473 g/mol. The molecule has 1 spiro atoms. The number of pyridine rings is 1. The molecule has 190 valence electrons. The van der Waals surface area contributed by atoms with E-state index >= 15 is 0 Å². The maximum Gasteiger partial charge on any atom is 0.278 e. The Morgan fingerprint density at radius 1 is 1.19 bits per heavy atom. The van der Waals surface area contributed by atoms with Crippen LogP contribution in [-0.4, -0.2) is 36.0 Å². The largest absolute Gasteiger partial charge is 0.384 e. The highest BCUT2D eigenvalue weighted by molar-refractivity contribution is 5.77. The third-order valence-corrected chi connectivity index (χ3v) is 7.71. The van der Waals surface area contributed by atoms with Gasteiger partial charge >= 0.3 is 0 Å². The zero-order valence-electron chi connectivity index (χ0n) is 20.8. The summed E-state index contributed by atoms with van der Waals surface area (Å²) in [5, 5.41) is 17.6. The van der Waals surface area contributed by atoms with Gasteiger partial charge in [0.2, 0.25) is 5.95 Å². The molecule has 7 rings (SSSR count). The quantitative estimate of drug-likeness (QED) is 0.384. The van der Waals surface area contributed by atoms with Crippen LogP contribution in [0.5, 0.6) is 0 Å². The zero-order chi connectivity index (χ0) is 25.5. The fourth-order valence-corrected chi connectivity index (χ4v) is 5.50. The van der Waals surface area contributed by atoms with Crippen molar-refractivity contribution in [1.29, 1.82) is 0 Å². The van der Waals surface area contributed by atoms with Crippen molar-refractivity contribution in [3.05, 3.63) is 69.5 Å². The molecule has 0 atom stereocenters. The van der Waals surface area contributed by atoms with Crippen LogP contribution in [0.3, 0.4) is 0 Å². The Kier molecular flexibility index (Phi) is 4.69. The summed E-state index contributed by atoms with van der Waals surface area (Å²) in [5.74, 6) is 0.0560. The highest BCUT2D eigenvalue weighted by Crippen LogP contribution is 2.50. The van der Waals surface area contributed by atoms with E-state index in [1.54, 1.807) is 9.36 Å². The van der Waals surface area contributed by atoms with Crippen LogP contribution in [0.2, 0.25) is 0 Å². The lowest BCUT2D eigenvalue weighted by Crippen LogP contribution is -2.33. The van der Waals surface area contributed by atoms with E-state index in [4.69, 9.17) is 4.98 Å². The summed E-state index contributed by atoms with van der Waals surface area (Å²) in [6, 6.07) is 9.16. The van der Waals surface area contributed by atoms with Crippen molar-refractivity contribution in [3.63, 3.8) is 0 Å². The first-order chi connectivity index (χ1) is 17.7. The number of hydrogen-bond acceptors (Lipinski definition) is 7. The van der Waals surface area contributed by atoms with E-state index < -0.39 is 11.4 Å². The Balaban J connectivity index is 1.33. The third-order valence-electron chi connectivity index (χ3n) is 7.71. The van der Waals surface area contributed by atoms with E-state index in [-0.39, 0.29) is 17.3 Å². The van der Waals surface area contributed by atoms with Gasteiger partial charge in [0.05, 0.1) is 6.04 Å². The maximum atomic E-state index is 14.5. The van der Waals surface area contributed by atoms with Crippen LogP contribution >= 0.6 is 0 Å². The molecule has 1 aliphatic heterocycles. The molecule has 0 amide bonds. The average Bonchev–Trinajstić information content (AvgIpc) is 3.79. The second kappa shape index (κ2) is 7.69. The molecule has 0 saturated heterocycles. The van der Waals surface area contributed by atoms with Gasteiger partial charge in [0.1, 0.15) is 22.5 Å². The maximum absolute atomic E-state index is 14.5. The van der Waals surface area contributed by atoms with Crippen molar-refractivity contribution >= 4 is 22.7 Å². The van der Waals surface area contributed by atoms with E-state index in [2.05, 4.69) is 38.8 Å². The summed E-state index contributed by atoms with van der Waals surface area (Å²) >= 11 is 0. The molecule has 2 aliphatic carbocycles. The number of fused-ring (bicyclic) bond motifs is 3. The van der Waals surface area contributed by atoms with E-state index in [9.17, 15) is 14.3 Å². The fourth-order valence-electron chi connectivity index (χ4n) is 5.50. The molecule has 0 unspecified atom stereocenters. The third kappa shape index (κ3) is 3.66. The van der Waals surface area contributed by atoms with Gasteiger partial charge in [-0.05, 0) is 74.9 Å². The van der Waals surface area contributed by atoms with Crippen LogP contribution in [0.1, 0.15) is 62.4 Å². The van der Waals surface area contributed by atoms with Crippen molar-refractivity contribution in [2.45, 2.75) is 63.1 Å². The van der Waals surface area contributed by atoms with Crippen LogP contribution < -0.4 is 16.2 Å². The second-order valence-electron chi connectivity index (χ2n) is 11.1. The summed E-state index contributed by atoms with van der Waals surface area (Å²) < 4.78 is 17.8. The number of halogens is 1. The van der Waals surface area contributed by atoms with E-state index in [1.807, 2.05) is 0 Å². The lowest BCUT2D eigenvalue weighted by Gasteiger charge is -2.26. The van der Waals surface area contributed by atoms with Gasteiger partial charge in [-0.1, -0.05) is 6.07 Å². The number of aliphatic hydroxyl groups is 1. The Hall–Kier alpha value is -3.63. The Labute approximate surface area is 212 Å². The molecule has 0 radical (unpaired) electrons. The highest BCUT2D eigenvalue weighted by Gasteiger charge is 2.46. The van der Waals surface area contributed by atoms with E-state index in [1.165, 1.54) is 56.1 Å². The summed E-state index contributed by atoms with van der Waals surface area (Å²) in [6.45, 7) is 4.82. The summed E-state index contributed by atoms with van der Waals surface area (Å²) in [6.07, 6.45) is 5.70. The number of benzene rings is 1. The molecule has 1 aromatic carbocycles. The normalized spacial score (nSPS) is 18.3. The minimum atomic E-state index is -1.49. The average molecular weight is 502 g/mol. The minimum absolute atomic E-state index is 0.0124. The van der Waals surface area contributed by atoms with Gasteiger partial charge in [-0.2, -0.15) is 4.98 Å².